The number of hydrogen-bond donors (Lipinski definition) is 1. The standard InChI is InChI=1S/C10H18O/c1-2-3-4-5-6-7-8-9-10-11/h4-7,11H,2-3,8-10H2,1H3/b5-4+,7-6-. The van der Waals surface area contributed by atoms with E-state index < -0.39 is 0 Å². The molecule has 0 aromatic heterocycles. The highest BCUT2D eigenvalue weighted by Gasteiger charge is 1.76. The van der Waals surface area contributed by atoms with Crippen molar-refractivity contribution in [2.45, 2.75) is 32.6 Å². The molecule has 0 heterocycles. The summed E-state index contributed by atoms with van der Waals surface area (Å²) in [5, 5.41) is 8.46. The van der Waals surface area contributed by atoms with Crippen LogP contribution in [0, 0.1) is 0 Å². The van der Waals surface area contributed by atoms with Crippen molar-refractivity contribution in [3.63, 3.8) is 0 Å². The molecule has 11 heavy (non-hydrogen) atoms. The van der Waals surface area contributed by atoms with E-state index in [1.807, 2.05) is 6.08 Å². The van der Waals surface area contributed by atoms with Gasteiger partial charge in [0.05, 0.1) is 0 Å². The van der Waals surface area contributed by atoms with Gasteiger partial charge in [0.15, 0.2) is 0 Å². The number of allylic oxidation sites excluding steroid dienone is 4. The van der Waals surface area contributed by atoms with Crippen molar-refractivity contribution in [1.82, 2.24) is 0 Å². The van der Waals surface area contributed by atoms with Crippen molar-refractivity contribution in [2.75, 3.05) is 6.61 Å². The molecule has 0 radical (unpaired) electrons. The summed E-state index contributed by atoms with van der Waals surface area (Å²) in [5.41, 5.74) is 0. The fraction of sp³-hybridized carbons (Fsp3) is 0.600. The molecule has 0 atom stereocenters. The van der Waals surface area contributed by atoms with Gasteiger partial charge in [0.25, 0.3) is 0 Å². The minimum Gasteiger partial charge on any atom is -0.396 e. The highest BCUT2D eigenvalue weighted by Crippen LogP contribution is 1.92. The normalized spacial score (nSPS) is 11.8. The second-order valence-corrected chi connectivity index (χ2v) is 2.51. The maximum absolute atomic E-state index is 8.46. The third-order valence-electron chi connectivity index (χ3n) is 1.37. The summed E-state index contributed by atoms with van der Waals surface area (Å²) in [6, 6.07) is 0. The summed E-state index contributed by atoms with van der Waals surface area (Å²) in [7, 11) is 0. The molecular weight excluding hydrogens is 136 g/mol. The summed E-state index contributed by atoms with van der Waals surface area (Å²) in [4.78, 5) is 0. The predicted molar refractivity (Wildman–Crippen MR) is 49.5 cm³/mol. The quantitative estimate of drug-likeness (QED) is 0.460. The van der Waals surface area contributed by atoms with Crippen LogP contribution in [0.15, 0.2) is 24.3 Å². The zero-order valence-electron chi connectivity index (χ0n) is 7.29. The van der Waals surface area contributed by atoms with Gasteiger partial charge in [0, 0.05) is 6.61 Å². The minimum absolute atomic E-state index is 0.295. The van der Waals surface area contributed by atoms with Gasteiger partial charge in [-0.25, -0.2) is 0 Å². The number of unbranched alkanes of at least 4 members (excludes halogenated alkanes) is 2. The van der Waals surface area contributed by atoms with E-state index in [1.165, 1.54) is 6.42 Å². The number of rotatable bonds is 6. The van der Waals surface area contributed by atoms with Gasteiger partial charge in [-0.1, -0.05) is 37.6 Å². The third kappa shape index (κ3) is 9.44. The van der Waals surface area contributed by atoms with Crippen molar-refractivity contribution in [3.8, 4) is 0 Å². The molecular formula is C10H18O. The van der Waals surface area contributed by atoms with E-state index in [0.717, 1.165) is 19.3 Å². The first-order valence-electron chi connectivity index (χ1n) is 4.34. The van der Waals surface area contributed by atoms with Gasteiger partial charge in [0.2, 0.25) is 0 Å². The number of aliphatic hydroxyl groups is 1. The van der Waals surface area contributed by atoms with Gasteiger partial charge in [0.1, 0.15) is 0 Å². The Hall–Kier alpha value is -0.560. The van der Waals surface area contributed by atoms with E-state index >= 15 is 0 Å². The van der Waals surface area contributed by atoms with Gasteiger partial charge in [-0.3, -0.25) is 0 Å². The average molecular weight is 154 g/mol. The van der Waals surface area contributed by atoms with Crippen LogP contribution in [0.3, 0.4) is 0 Å². The van der Waals surface area contributed by atoms with Crippen LogP contribution in [0.5, 0.6) is 0 Å². The van der Waals surface area contributed by atoms with Crippen LogP contribution in [0.25, 0.3) is 0 Å². The number of aliphatic hydroxyl groups excluding tert-OH is 1. The zero-order chi connectivity index (χ0) is 8.36. The summed E-state index contributed by atoms with van der Waals surface area (Å²) < 4.78 is 0. The van der Waals surface area contributed by atoms with Crippen LogP contribution in [0.4, 0.5) is 0 Å². The first-order valence-corrected chi connectivity index (χ1v) is 4.34. The molecule has 0 aromatic carbocycles. The Morgan fingerprint density at radius 1 is 1.09 bits per heavy atom. The third-order valence-corrected chi connectivity index (χ3v) is 1.37. The molecule has 0 aliphatic rings. The molecule has 0 amide bonds. The van der Waals surface area contributed by atoms with Crippen LogP contribution in [0.2, 0.25) is 0 Å². The second-order valence-electron chi connectivity index (χ2n) is 2.51. The molecule has 0 aliphatic carbocycles. The molecule has 0 saturated carbocycles. The summed E-state index contributed by atoms with van der Waals surface area (Å²) in [6.45, 7) is 2.46. The fourth-order valence-corrected chi connectivity index (χ4v) is 0.725. The monoisotopic (exact) mass is 154 g/mol. The number of hydrogen-bond acceptors (Lipinski definition) is 1. The van der Waals surface area contributed by atoms with Crippen molar-refractivity contribution >= 4 is 0 Å². The zero-order valence-corrected chi connectivity index (χ0v) is 7.29. The van der Waals surface area contributed by atoms with E-state index in [0.29, 0.717) is 6.61 Å². The first-order chi connectivity index (χ1) is 5.41. The predicted octanol–water partition coefficient (Wildman–Crippen LogP) is 2.67. The summed E-state index contributed by atoms with van der Waals surface area (Å²) in [6.07, 6.45) is 12.6. The lowest BCUT2D eigenvalue weighted by atomic mass is 10.2. The van der Waals surface area contributed by atoms with Crippen molar-refractivity contribution < 1.29 is 5.11 Å². The molecule has 0 fully saturated rings. The lowest BCUT2D eigenvalue weighted by molar-refractivity contribution is 0.289. The average Bonchev–Trinajstić information content (AvgIpc) is 2.03. The molecule has 0 spiro atoms. The Bertz CT molecular complexity index is 114. The molecule has 0 aromatic rings. The van der Waals surface area contributed by atoms with Crippen LogP contribution >= 0.6 is 0 Å². The molecule has 1 heteroatoms. The van der Waals surface area contributed by atoms with Gasteiger partial charge in [-0.2, -0.15) is 0 Å². The Morgan fingerprint density at radius 3 is 2.27 bits per heavy atom. The molecule has 1 N–H and O–H groups in total. The van der Waals surface area contributed by atoms with Crippen LogP contribution in [-0.2, 0) is 0 Å². The van der Waals surface area contributed by atoms with E-state index in [4.69, 9.17) is 5.11 Å². The minimum atomic E-state index is 0.295. The molecule has 0 bridgehead atoms. The largest absolute Gasteiger partial charge is 0.396 e. The topological polar surface area (TPSA) is 20.2 Å². The molecule has 0 aliphatic heterocycles. The maximum atomic E-state index is 8.46. The highest BCUT2D eigenvalue weighted by molar-refractivity contribution is 5.01. The Morgan fingerprint density at radius 2 is 1.73 bits per heavy atom. The van der Waals surface area contributed by atoms with E-state index in [9.17, 15) is 0 Å². The SMILES string of the molecule is CCC/C=C/C=C\CCCO. The molecule has 64 valence electrons. The van der Waals surface area contributed by atoms with Crippen LogP contribution in [-0.4, -0.2) is 11.7 Å². The Balaban J connectivity index is 3.14. The highest BCUT2D eigenvalue weighted by atomic mass is 16.2. The van der Waals surface area contributed by atoms with Crippen LogP contribution in [0.1, 0.15) is 32.6 Å². The van der Waals surface area contributed by atoms with Gasteiger partial charge >= 0.3 is 0 Å². The van der Waals surface area contributed by atoms with E-state index in [-0.39, 0.29) is 0 Å². The smallest absolute Gasteiger partial charge is 0.0433 e. The summed E-state index contributed by atoms with van der Waals surface area (Å²) in [5.74, 6) is 0. The lowest BCUT2D eigenvalue weighted by Crippen LogP contribution is -1.77. The molecule has 0 unspecified atom stereocenters. The van der Waals surface area contributed by atoms with Crippen molar-refractivity contribution in [3.05, 3.63) is 24.3 Å². The first kappa shape index (κ1) is 10.4. The van der Waals surface area contributed by atoms with Gasteiger partial charge < -0.3 is 5.11 Å². The fourth-order valence-electron chi connectivity index (χ4n) is 0.725. The molecule has 1 nitrogen and oxygen atoms in total. The van der Waals surface area contributed by atoms with E-state index in [1.54, 1.807) is 0 Å². The van der Waals surface area contributed by atoms with Gasteiger partial charge in [-0.15, -0.1) is 0 Å². The lowest BCUT2D eigenvalue weighted by Gasteiger charge is -1.85. The second kappa shape index (κ2) is 9.44. The Labute approximate surface area is 69.4 Å². The van der Waals surface area contributed by atoms with Crippen molar-refractivity contribution in [1.29, 1.82) is 0 Å². The molecule has 0 rings (SSSR count). The van der Waals surface area contributed by atoms with Crippen molar-refractivity contribution in [2.24, 2.45) is 0 Å². The molecule has 0 saturated heterocycles. The van der Waals surface area contributed by atoms with Crippen LogP contribution < -0.4 is 0 Å². The summed E-state index contributed by atoms with van der Waals surface area (Å²) >= 11 is 0. The Kier molecular flexibility index (Phi) is 8.96. The van der Waals surface area contributed by atoms with Gasteiger partial charge in [-0.05, 0) is 19.3 Å². The van der Waals surface area contributed by atoms with E-state index in [2.05, 4.69) is 25.2 Å². The maximum Gasteiger partial charge on any atom is 0.0433 e.